The maximum Gasteiger partial charge on any atom is 0.416 e. The van der Waals surface area contributed by atoms with Gasteiger partial charge in [-0.3, -0.25) is 9.69 Å². The van der Waals surface area contributed by atoms with Crippen LogP contribution in [0.2, 0.25) is 5.02 Å². The molecule has 1 fully saturated rings. The summed E-state index contributed by atoms with van der Waals surface area (Å²) >= 11 is 6.11. The number of nitrogens with one attached hydrogen (secondary N) is 1. The Morgan fingerprint density at radius 2 is 2.06 bits per heavy atom. The van der Waals surface area contributed by atoms with Crippen LogP contribution in [0.15, 0.2) is 55.1 Å². The van der Waals surface area contributed by atoms with Gasteiger partial charge < -0.3 is 5.32 Å². The molecule has 1 aromatic heterocycles. The third kappa shape index (κ3) is 5.11. The van der Waals surface area contributed by atoms with Crippen molar-refractivity contribution in [1.82, 2.24) is 19.7 Å². The fourth-order valence-corrected chi connectivity index (χ4v) is 3.82. The van der Waals surface area contributed by atoms with E-state index in [0.29, 0.717) is 22.0 Å². The van der Waals surface area contributed by atoms with Crippen LogP contribution < -0.4 is 5.32 Å². The van der Waals surface area contributed by atoms with Crippen molar-refractivity contribution in [1.29, 1.82) is 0 Å². The van der Waals surface area contributed by atoms with Gasteiger partial charge in [0.1, 0.15) is 12.7 Å². The van der Waals surface area contributed by atoms with E-state index in [1.54, 1.807) is 24.3 Å². The van der Waals surface area contributed by atoms with Gasteiger partial charge in [0.25, 0.3) is 0 Å². The Morgan fingerprint density at radius 3 is 2.72 bits per heavy atom. The van der Waals surface area contributed by atoms with Gasteiger partial charge in [-0.15, -0.1) is 0 Å². The topological polar surface area (TPSA) is 63.1 Å². The highest BCUT2D eigenvalue weighted by atomic mass is 35.5. The summed E-state index contributed by atoms with van der Waals surface area (Å²) in [5, 5.41) is 7.39. The lowest BCUT2D eigenvalue weighted by Crippen LogP contribution is -2.37. The quantitative estimate of drug-likeness (QED) is 0.529. The molecular formula is C22H21ClF3N5O. The molecule has 1 atom stereocenters. The number of nitrogens with zero attached hydrogens (tertiary/aromatic N) is 4. The van der Waals surface area contributed by atoms with Gasteiger partial charge in [0.2, 0.25) is 5.91 Å². The number of anilines is 1. The number of carbonyl (C=O) groups excluding carboxylic acids is 1. The molecule has 0 aliphatic heterocycles. The van der Waals surface area contributed by atoms with Crippen molar-refractivity contribution in [3.8, 4) is 5.69 Å². The molecule has 0 saturated heterocycles. The lowest BCUT2D eigenvalue weighted by atomic mass is 10.0. The number of alkyl halides is 3. The smallest absolute Gasteiger partial charge is 0.323 e. The van der Waals surface area contributed by atoms with Crippen molar-refractivity contribution in [2.45, 2.75) is 38.0 Å². The summed E-state index contributed by atoms with van der Waals surface area (Å²) in [7, 11) is 0. The number of hydrogen-bond donors (Lipinski definition) is 1. The standard InChI is InChI=1S/C22H21ClF3N5O/c1-14(15-3-2-4-16(9-15)22(24,25)26)30(18-6-7-18)11-21(32)29-19-10-17(23)5-8-20(19)31-13-27-12-28-31/h2-5,8-10,12-14,18H,6-7,11H2,1H3,(H,29,32). The van der Waals surface area contributed by atoms with Crippen molar-refractivity contribution in [2.24, 2.45) is 0 Å². The van der Waals surface area contributed by atoms with Crippen molar-refractivity contribution < 1.29 is 18.0 Å². The predicted molar refractivity (Wildman–Crippen MR) is 115 cm³/mol. The highest BCUT2D eigenvalue weighted by molar-refractivity contribution is 6.31. The van der Waals surface area contributed by atoms with Gasteiger partial charge in [0, 0.05) is 17.1 Å². The number of amides is 1. The summed E-state index contributed by atoms with van der Waals surface area (Å²) in [6.45, 7) is 1.85. The lowest BCUT2D eigenvalue weighted by Gasteiger charge is -2.29. The second-order valence-electron chi connectivity index (χ2n) is 7.75. The van der Waals surface area contributed by atoms with Crippen LogP contribution in [0, 0.1) is 0 Å². The molecule has 10 heteroatoms. The van der Waals surface area contributed by atoms with E-state index in [1.165, 1.54) is 23.4 Å². The zero-order valence-corrected chi connectivity index (χ0v) is 17.9. The van der Waals surface area contributed by atoms with Gasteiger partial charge in [0.05, 0.1) is 23.5 Å². The third-order valence-electron chi connectivity index (χ3n) is 5.43. The van der Waals surface area contributed by atoms with E-state index in [2.05, 4.69) is 15.4 Å². The third-order valence-corrected chi connectivity index (χ3v) is 5.67. The summed E-state index contributed by atoms with van der Waals surface area (Å²) < 4.78 is 40.9. The predicted octanol–water partition coefficient (Wildman–Crippen LogP) is 5.10. The van der Waals surface area contributed by atoms with Gasteiger partial charge in [0.15, 0.2) is 0 Å². The van der Waals surface area contributed by atoms with E-state index in [4.69, 9.17) is 11.6 Å². The highest BCUT2D eigenvalue weighted by Crippen LogP contribution is 2.36. The molecular weight excluding hydrogens is 443 g/mol. The number of hydrogen-bond acceptors (Lipinski definition) is 4. The Hall–Kier alpha value is -2.91. The van der Waals surface area contributed by atoms with Crippen LogP contribution in [-0.4, -0.2) is 38.2 Å². The van der Waals surface area contributed by atoms with Crippen LogP contribution >= 0.6 is 11.6 Å². The highest BCUT2D eigenvalue weighted by Gasteiger charge is 2.35. The first-order chi connectivity index (χ1) is 15.2. The number of halogens is 4. The molecule has 1 aliphatic carbocycles. The Balaban J connectivity index is 1.53. The summed E-state index contributed by atoms with van der Waals surface area (Å²) in [5.74, 6) is -0.292. The maximum atomic E-state index is 13.1. The van der Waals surface area contributed by atoms with E-state index in [9.17, 15) is 18.0 Å². The molecule has 168 valence electrons. The van der Waals surface area contributed by atoms with E-state index >= 15 is 0 Å². The van der Waals surface area contributed by atoms with Gasteiger partial charge in [-0.25, -0.2) is 9.67 Å². The molecule has 0 bridgehead atoms. The fourth-order valence-electron chi connectivity index (χ4n) is 3.65. The number of rotatable bonds is 7. The molecule has 3 aromatic rings. The molecule has 1 amide bonds. The first-order valence-electron chi connectivity index (χ1n) is 10.1. The molecule has 1 heterocycles. The van der Waals surface area contributed by atoms with Gasteiger partial charge in [-0.05, 0) is 55.7 Å². The molecule has 1 N–H and O–H groups in total. The number of benzene rings is 2. The summed E-state index contributed by atoms with van der Waals surface area (Å²) in [6, 6.07) is 10.1. The molecule has 1 unspecified atom stereocenters. The Morgan fingerprint density at radius 1 is 1.28 bits per heavy atom. The molecule has 4 rings (SSSR count). The van der Waals surface area contributed by atoms with Crippen LogP contribution in [0.25, 0.3) is 5.69 Å². The minimum atomic E-state index is -4.41. The number of aromatic nitrogens is 3. The van der Waals surface area contributed by atoms with Crippen LogP contribution in [0.4, 0.5) is 18.9 Å². The van der Waals surface area contributed by atoms with E-state index in [1.807, 2.05) is 11.8 Å². The zero-order chi connectivity index (χ0) is 22.9. The molecule has 0 spiro atoms. The molecule has 0 radical (unpaired) electrons. The number of carbonyl (C=O) groups is 1. The van der Waals surface area contributed by atoms with E-state index < -0.39 is 11.7 Å². The minimum Gasteiger partial charge on any atom is -0.323 e. The van der Waals surface area contributed by atoms with E-state index in [0.717, 1.165) is 25.0 Å². The van der Waals surface area contributed by atoms with Gasteiger partial charge >= 0.3 is 6.18 Å². The van der Waals surface area contributed by atoms with Crippen molar-refractivity contribution >= 4 is 23.2 Å². The van der Waals surface area contributed by atoms with Crippen LogP contribution in [0.3, 0.4) is 0 Å². The van der Waals surface area contributed by atoms with Crippen LogP contribution in [0.5, 0.6) is 0 Å². The van der Waals surface area contributed by atoms with Crippen LogP contribution in [0.1, 0.15) is 36.9 Å². The second-order valence-corrected chi connectivity index (χ2v) is 8.19. The summed E-state index contributed by atoms with van der Waals surface area (Å²) in [4.78, 5) is 18.8. The van der Waals surface area contributed by atoms with Crippen molar-refractivity contribution in [2.75, 3.05) is 11.9 Å². The molecule has 32 heavy (non-hydrogen) atoms. The van der Waals surface area contributed by atoms with Crippen LogP contribution in [-0.2, 0) is 11.0 Å². The average molecular weight is 464 g/mol. The first kappa shape index (κ1) is 22.3. The summed E-state index contributed by atoms with van der Waals surface area (Å²) in [6.07, 6.45) is 0.272. The molecule has 1 aliphatic rings. The monoisotopic (exact) mass is 463 g/mol. The normalized spacial score (nSPS) is 15.1. The SMILES string of the molecule is CC(c1cccc(C(F)(F)F)c1)N(CC(=O)Nc1cc(Cl)ccc1-n1cncn1)C1CC1. The maximum absolute atomic E-state index is 13.1. The van der Waals surface area contributed by atoms with Crippen molar-refractivity contribution in [3.63, 3.8) is 0 Å². The first-order valence-corrected chi connectivity index (χ1v) is 10.5. The Bertz CT molecular complexity index is 1100. The van der Waals surface area contributed by atoms with Gasteiger partial charge in [-0.2, -0.15) is 18.3 Å². The molecule has 6 nitrogen and oxygen atoms in total. The van der Waals surface area contributed by atoms with Gasteiger partial charge in [-0.1, -0.05) is 23.7 Å². The Kier molecular flexibility index (Phi) is 6.21. The molecule has 2 aromatic carbocycles. The Labute approximate surface area is 188 Å². The molecule has 1 saturated carbocycles. The zero-order valence-electron chi connectivity index (χ0n) is 17.2. The lowest BCUT2D eigenvalue weighted by molar-refractivity contribution is -0.137. The van der Waals surface area contributed by atoms with Crippen molar-refractivity contribution in [3.05, 3.63) is 71.3 Å². The summed E-state index contributed by atoms with van der Waals surface area (Å²) in [5.41, 5.74) is 0.892. The fraction of sp³-hybridized carbons (Fsp3) is 0.318. The average Bonchev–Trinajstić information content (AvgIpc) is 3.45. The minimum absolute atomic E-state index is 0.0331. The van der Waals surface area contributed by atoms with E-state index in [-0.39, 0.29) is 24.5 Å². The second kappa shape index (κ2) is 8.91. The largest absolute Gasteiger partial charge is 0.416 e.